The Balaban J connectivity index is 2.89. The van der Waals surface area contributed by atoms with E-state index in [4.69, 9.17) is 0 Å². The minimum absolute atomic E-state index is 0.138. The molecule has 0 aromatic heterocycles. The van der Waals surface area contributed by atoms with Crippen molar-refractivity contribution in [2.45, 2.75) is 20.3 Å². The van der Waals surface area contributed by atoms with Crippen molar-refractivity contribution in [1.29, 1.82) is 0 Å². The second-order valence-corrected chi connectivity index (χ2v) is 3.22. The number of allylic oxidation sites excluding steroid dienone is 1. The van der Waals surface area contributed by atoms with E-state index in [9.17, 15) is 4.39 Å². The van der Waals surface area contributed by atoms with Crippen molar-refractivity contribution < 1.29 is 4.39 Å². The summed E-state index contributed by atoms with van der Waals surface area (Å²) in [5, 5.41) is 0. The molecule has 1 aromatic carbocycles. The lowest BCUT2D eigenvalue weighted by Crippen LogP contribution is -1.89. The molecule has 0 aliphatic rings. The summed E-state index contributed by atoms with van der Waals surface area (Å²) in [4.78, 5) is 0. The Labute approximate surface area is 72.7 Å². The van der Waals surface area contributed by atoms with E-state index in [1.165, 1.54) is 6.07 Å². The Morgan fingerprint density at radius 3 is 2.67 bits per heavy atom. The molecule has 0 amide bonds. The summed E-state index contributed by atoms with van der Waals surface area (Å²) in [5.74, 6) is -0.138. The molecule has 0 saturated heterocycles. The first-order valence-corrected chi connectivity index (χ1v) is 3.99. The highest BCUT2D eigenvalue weighted by molar-refractivity contribution is 5.26. The number of rotatable bonds is 2. The minimum atomic E-state index is -0.138. The lowest BCUT2D eigenvalue weighted by atomic mass is 10.1. The van der Waals surface area contributed by atoms with Crippen LogP contribution < -0.4 is 0 Å². The van der Waals surface area contributed by atoms with E-state index in [0.717, 1.165) is 17.6 Å². The second-order valence-electron chi connectivity index (χ2n) is 3.22. The van der Waals surface area contributed by atoms with E-state index in [-0.39, 0.29) is 5.82 Å². The van der Waals surface area contributed by atoms with E-state index in [2.05, 4.69) is 6.58 Å². The van der Waals surface area contributed by atoms with Gasteiger partial charge in [0.15, 0.2) is 0 Å². The summed E-state index contributed by atoms with van der Waals surface area (Å²) in [6.45, 7) is 7.55. The average Bonchev–Trinajstić information content (AvgIpc) is 1.96. The van der Waals surface area contributed by atoms with Gasteiger partial charge in [-0.3, -0.25) is 0 Å². The summed E-state index contributed by atoms with van der Waals surface area (Å²) < 4.78 is 12.8. The van der Waals surface area contributed by atoms with Crippen LogP contribution in [-0.2, 0) is 6.42 Å². The molecule has 1 heteroatoms. The highest BCUT2D eigenvalue weighted by Gasteiger charge is 1.98. The van der Waals surface area contributed by atoms with Crippen molar-refractivity contribution in [2.24, 2.45) is 0 Å². The summed E-state index contributed by atoms with van der Waals surface area (Å²) in [7, 11) is 0. The molecule has 1 rings (SSSR count). The standard InChI is InChI=1S/C11H13F/c1-8(2)6-10-4-5-11(12)9(3)7-10/h4-5,7H,1,6H2,2-3H3. The third-order valence-electron chi connectivity index (χ3n) is 1.73. The van der Waals surface area contributed by atoms with Gasteiger partial charge in [-0.15, -0.1) is 0 Å². The maximum Gasteiger partial charge on any atom is 0.126 e. The van der Waals surface area contributed by atoms with Crippen LogP contribution in [0, 0.1) is 12.7 Å². The van der Waals surface area contributed by atoms with Gasteiger partial charge >= 0.3 is 0 Å². The van der Waals surface area contributed by atoms with Crippen molar-refractivity contribution in [3.05, 3.63) is 47.3 Å². The quantitative estimate of drug-likeness (QED) is 0.588. The fraction of sp³-hybridized carbons (Fsp3) is 0.273. The summed E-state index contributed by atoms with van der Waals surface area (Å²) >= 11 is 0. The molecule has 0 bridgehead atoms. The fourth-order valence-electron chi connectivity index (χ4n) is 1.17. The van der Waals surface area contributed by atoms with Gasteiger partial charge in [0.1, 0.15) is 5.82 Å². The molecular weight excluding hydrogens is 151 g/mol. The zero-order valence-electron chi connectivity index (χ0n) is 7.52. The maximum absolute atomic E-state index is 12.8. The van der Waals surface area contributed by atoms with Gasteiger partial charge in [-0.1, -0.05) is 24.3 Å². The van der Waals surface area contributed by atoms with Crippen LogP contribution in [0.3, 0.4) is 0 Å². The predicted molar refractivity (Wildman–Crippen MR) is 49.7 cm³/mol. The number of benzene rings is 1. The topological polar surface area (TPSA) is 0 Å². The first kappa shape index (κ1) is 8.98. The average molecular weight is 164 g/mol. The smallest absolute Gasteiger partial charge is 0.126 e. The van der Waals surface area contributed by atoms with Gasteiger partial charge in [-0.2, -0.15) is 0 Å². The third kappa shape index (κ3) is 2.19. The van der Waals surface area contributed by atoms with Gasteiger partial charge in [-0.25, -0.2) is 4.39 Å². The van der Waals surface area contributed by atoms with Crippen molar-refractivity contribution in [1.82, 2.24) is 0 Å². The molecule has 0 N–H and O–H groups in total. The van der Waals surface area contributed by atoms with Gasteiger partial charge in [0, 0.05) is 0 Å². The summed E-state index contributed by atoms with van der Waals surface area (Å²) in [6, 6.07) is 5.18. The lowest BCUT2D eigenvalue weighted by Gasteiger charge is -2.02. The summed E-state index contributed by atoms with van der Waals surface area (Å²) in [6.07, 6.45) is 0.834. The molecule has 0 aliphatic heterocycles. The van der Waals surface area contributed by atoms with E-state index in [0.29, 0.717) is 5.56 Å². The molecule has 0 aliphatic carbocycles. The van der Waals surface area contributed by atoms with Crippen LogP contribution in [0.2, 0.25) is 0 Å². The van der Waals surface area contributed by atoms with Gasteiger partial charge < -0.3 is 0 Å². The Morgan fingerprint density at radius 1 is 1.50 bits per heavy atom. The number of hydrogen-bond donors (Lipinski definition) is 0. The van der Waals surface area contributed by atoms with Crippen LogP contribution in [0.25, 0.3) is 0 Å². The molecule has 1 aromatic rings. The second kappa shape index (κ2) is 3.53. The van der Waals surface area contributed by atoms with E-state index in [1.807, 2.05) is 13.0 Å². The van der Waals surface area contributed by atoms with E-state index >= 15 is 0 Å². The zero-order valence-corrected chi connectivity index (χ0v) is 7.52. The molecule has 0 saturated carbocycles. The molecular formula is C11H13F. The molecule has 0 fully saturated rings. The van der Waals surface area contributed by atoms with Crippen LogP contribution >= 0.6 is 0 Å². The highest BCUT2D eigenvalue weighted by atomic mass is 19.1. The molecule has 64 valence electrons. The largest absolute Gasteiger partial charge is 0.207 e. The van der Waals surface area contributed by atoms with Crippen molar-refractivity contribution >= 4 is 0 Å². The van der Waals surface area contributed by atoms with Crippen LogP contribution in [0.4, 0.5) is 4.39 Å². The minimum Gasteiger partial charge on any atom is -0.207 e. The van der Waals surface area contributed by atoms with Gasteiger partial charge in [0.05, 0.1) is 0 Å². The van der Waals surface area contributed by atoms with Crippen LogP contribution in [0.5, 0.6) is 0 Å². The first-order chi connectivity index (χ1) is 5.59. The Morgan fingerprint density at radius 2 is 2.17 bits per heavy atom. The van der Waals surface area contributed by atoms with Crippen molar-refractivity contribution in [3.63, 3.8) is 0 Å². The Bertz CT molecular complexity index is 300. The third-order valence-corrected chi connectivity index (χ3v) is 1.73. The predicted octanol–water partition coefficient (Wildman–Crippen LogP) is 3.25. The first-order valence-electron chi connectivity index (χ1n) is 3.99. The SMILES string of the molecule is C=C(C)Cc1ccc(F)c(C)c1. The van der Waals surface area contributed by atoms with E-state index in [1.54, 1.807) is 13.0 Å². The van der Waals surface area contributed by atoms with Crippen LogP contribution in [0.1, 0.15) is 18.1 Å². The summed E-state index contributed by atoms with van der Waals surface area (Å²) in [5.41, 5.74) is 2.93. The Kier molecular flexibility index (Phi) is 2.64. The zero-order chi connectivity index (χ0) is 9.14. The van der Waals surface area contributed by atoms with E-state index < -0.39 is 0 Å². The number of halogens is 1. The lowest BCUT2D eigenvalue weighted by molar-refractivity contribution is 0.617. The fourth-order valence-corrected chi connectivity index (χ4v) is 1.17. The monoisotopic (exact) mass is 164 g/mol. The van der Waals surface area contributed by atoms with Gasteiger partial charge in [-0.05, 0) is 37.5 Å². The molecule has 0 spiro atoms. The van der Waals surface area contributed by atoms with Crippen LogP contribution in [-0.4, -0.2) is 0 Å². The number of aryl methyl sites for hydroxylation is 1. The normalized spacial score (nSPS) is 9.92. The molecule has 0 heterocycles. The van der Waals surface area contributed by atoms with Crippen molar-refractivity contribution in [2.75, 3.05) is 0 Å². The molecule has 0 unspecified atom stereocenters. The molecule has 0 atom stereocenters. The highest BCUT2D eigenvalue weighted by Crippen LogP contribution is 2.11. The number of hydrogen-bond acceptors (Lipinski definition) is 0. The Hall–Kier alpha value is -1.11. The van der Waals surface area contributed by atoms with Gasteiger partial charge in [0.2, 0.25) is 0 Å². The van der Waals surface area contributed by atoms with Crippen molar-refractivity contribution in [3.8, 4) is 0 Å². The van der Waals surface area contributed by atoms with Crippen LogP contribution in [0.15, 0.2) is 30.4 Å². The molecule has 0 radical (unpaired) electrons. The molecule has 12 heavy (non-hydrogen) atoms. The molecule has 0 nitrogen and oxygen atoms in total. The maximum atomic E-state index is 12.8. The van der Waals surface area contributed by atoms with Gasteiger partial charge in [0.25, 0.3) is 0 Å².